The molecule has 1 aliphatic rings. The van der Waals surface area contributed by atoms with Crippen LogP contribution in [0.1, 0.15) is 22.8 Å². The van der Waals surface area contributed by atoms with Gasteiger partial charge in [-0.25, -0.2) is 0 Å². The highest BCUT2D eigenvalue weighted by atomic mass is 16.1. The van der Waals surface area contributed by atoms with Gasteiger partial charge in [0.25, 0.3) is 0 Å². The fraction of sp³-hybridized carbons (Fsp3) is 0.533. The Hall–Kier alpha value is -1.35. The smallest absolute Gasteiger partial charge is 0.150 e. The van der Waals surface area contributed by atoms with Gasteiger partial charge in [0.05, 0.1) is 0 Å². The summed E-state index contributed by atoms with van der Waals surface area (Å²) in [6.45, 7) is 6.45. The van der Waals surface area contributed by atoms with E-state index in [-0.39, 0.29) is 0 Å². The molecule has 0 radical (unpaired) electrons. The van der Waals surface area contributed by atoms with Crippen LogP contribution in [0.4, 0.5) is 5.69 Å². The van der Waals surface area contributed by atoms with Crippen LogP contribution in [0.5, 0.6) is 0 Å². The highest BCUT2D eigenvalue weighted by Crippen LogP contribution is 2.27. The SMILES string of the molecule is Cc1cc(N2CC(C)C(N(C)C)C2)ccc1C=O. The summed E-state index contributed by atoms with van der Waals surface area (Å²) >= 11 is 0. The normalized spacial score (nSPS) is 23.7. The van der Waals surface area contributed by atoms with Crippen molar-refractivity contribution in [2.75, 3.05) is 32.1 Å². The average Bonchev–Trinajstić information content (AvgIpc) is 2.71. The summed E-state index contributed by atoms with van der Waals surface area (Å²) in [5.41, 5.74) is 3.08. The molecule has 0 amide bonds. The third-order valence-electron chi connectivity index (χ3n) is 3.98. The Kier molecular flexibility index (Phi) is 3.71. The van der Waals surface area contributed by atoms with Gasteiger partial charge in [0, 0.05) is 30.4 Å². The monoisotopic (exact) mass is 246 g/mol. The molecular weight excluding hydrogens is 224 g/mol. The van der Waals surface area contributed by atoms with Crippen molar-refractivity contribution in [3.8, 4) is 0 Å². The van der Waals surface area contributed by atoms with Crippen LogP contribution in [0.15, 0.2) is 18.2 Å². The molecule has 1 saturated heterocycles. The second-order valence-corrected chi connectivity index (χ2v) is 5.57. The van der Waals surface area contributed by atoms with Gasteiger partial charge in [0.15, 0.2) is 0 Å². The highest BCUT2D eigenvalue weighted by molar-refractivity contribution is 5.78. The van der Waals surface area contributed by atoms with E-state index < -0.39 is 0 Å². The number of carbonyl (C=O) groups is 1. The molecule has 2 rings (SSSR count). The second-order valence-electron chi connectivity index (χ2n) is 5.57. The zero-order chi connectivity index (χ0) is 13.3. The molecule has 0 aliphatic carbocycles. The van der Waals surface area contributed by atoms with Crippen LogP contribution >= 0.6 is 0 Å². The Balaban J connectivity index is 2.18. The largest absolute Gasteiger partial charge is 0.370 e. The number of nitrogens with zero attached hydrogens (tertiary/aromatic N) is 2. The number of hydrogen-bond acceptors (Lipinski definition) is 3. The van der Waals surface area contributed by atoms with Gasteiger partial charge >= 0.3 is 0 Å². The summed E-state index contributed by atoms with van der Waals surface area (Å²) < 4.78 is 0. The van der Waals surface area contributed by atoms with Crippen LogP contribution in [-0.2, 0) is 0 Å². The third-order valence-corrected chi connectivity index (χ3v) is 3.98. The standard InChI is InChI=1S/C15H22N2O/c1-11-7-14(6-5-13(11)10-18)17-8-12(2)15(9-17)16(3)4/h5-7,10,12,15H,8-9H2,1-4H3. The van der Waals surface area contributed by atoms with Crippen LogP contribution in [0.25, 0.3) is 0 Å². The summed E-state index contributed by atoms with van der Waals surface area (Å²) in [6, 6.07) is 6.71. The number of hydrogen-bond donors (Lipinski definition) is 0. The van der Waals surface area contributed by atoms with E-state index in [0.717, 1.165) is 30.5 Å². The lowest BCUT2D eigenvalue weighted by atomic mass is 10.1. The molecule has 1 aliphatic heterocycles. The van der Waals surface area contributed by atoms with Crippen LogP contribution in [0, 0.1) is 12.8 Å². The van der Waals surface area contributed by atoms with Crippen LogP contribution < -0.4 is 4.90 Å². The molecular formula is C15H22N2O. The molecule has 3 nitrogen and oxygen atoms in total. The molecule has 2 unspecified atom stereocenters. The zero-order valence-electron chi connectivity index (χ0n) is 11.7. The van der Waals surface area contributed by atoms with Gasteiger partial charge in [-0.2, -0.15) is 0 Å². The summed E-state index contributed by atoms with van der Waals surface area (Å²) in [5, 5.41) is 0. The molecule has 1 fully saturated rings. The average molecular weight is 246 g/mol. The minimum absolute atomic E-state index is 0.607. The van der Waals surface area contributed by atoms with Gasteiger partial charge in [-0.1, -0.05) is 6.92 Å². The van der Waals surface area contributed by atoms with E-state index in [2.05, 4.69) is 43.0 Å². The third kappa shape index (κ3) is 2.41. The quantitative estimate of drug-likeness (QED) is 0.764. The van der Waals surface area contributed by atoms with E-state index in [1.54, 1.807) is 0 Å². The summed E-state index contributed by atoms with van der Waals surface area (Å²) in [4.78, 5) is 15.5. The van der Waals surface area contributed by atoms with Gasteiger partial charge in [0.2, 0.25) is 0 Å². The second kappa shape index (κ2) is 5.11. The molecule has 98 valence electrons. The first-order valence-electron chi connectivity index (χ1n) is 6.50. The zero-order valence-corrected chi connectivity index (χ0v) is 11.7. The molecule has 0 bridgehead atoms. The molecule has 3 heteroatoms. The van der Waals surface area contributed by atoms with Crippen molar-refractivity contribution < 1.29 is 4.79 Å². The van der Waals surface area contributed by atoms with Gasteiger partial charge in [-0.05, 0) is 50.7 Å². The van der Waals surface area contributed by atoms with Crippen molar-refractivity contribution in [2.45, 2.75) is 19.9 Å². The van der Waals surface area contributed by atoms with E-state index >= 15 is 0 Å². The first kappa shape index (κ1) is 13.1. The molecule has 18 heavy (non-hydrogen) atoms. The van der Waals surface area contributed by atoms with Gasteiger partial charge in [-0.3, -0.25) is 4.79 Å². The molecule has 0 saturated carbocycles. The maximum Gasteiger partial charge on any atom is 0.150 e. The topological polar surface area (TPSA) is 23.6 Å². The van der Waals surface area contributed by atoms with Crippen LogP contribution in [0.3, 0.4) is 0 Å². The first-order chi connectivity index (χ1) is 8.52. The fourth-order valence-electron chi connectivity index (χ4n) is 2.82. The van der Waals surface area contributed by atoms with E-state index in [1.807, 2.05) is 13.0 Å². The molecule has 0 aromatic heterocycles. The van der Waals surface area contributed by atoms with Gasteiger partial charge in [0.1, 0.15) is 6.29 Å². The van der Waals surface area contributed by atoms with E-state index in [0.29, 0.717) is 12.0 Å². The maximum atomic E-state index is 10.8. The minimum Gasteiger partial charge on any atom is -0.370 e. The molecule has 1 heterocycles. The van der Waals surface area contributed by atoms with E-state index in [1.165, 1.54) is 5.69 Å². The lowest BCUT2D eigenvalue weighted by molar-refractivity contribution is 0.112. The van der Waals surface area contributed by atoms with Crippen molar-refractivity contribution in [3.63, 3.8) is 0 Å². The molecule has 1 aromatic carbocycles. The number of rotatable bonds is 3. The van der Waals surface area contributed by atoms with Crippen molar-refractivity contribution in [1.29, 1.82) is 0 Å². The molecule has 1 aromatic rings. The summed E-state index contributed by atoms with van der Waals surface area (Å²) in [5.74, 6) is 0.672. The number of aryl methyl sites for hydroxylation is 1. The Bertz CT molecular complexity index is 442. The van der Waals surface area contributed by atoms with Crippen molar-refractivity contribution in [2.24, 2.45) is 5.92 Å². The fourth-order valence-corrected chi connectivity index (χ4v) is 2.82. The van der Waals surface area contributed by atoms with Gasteiger partial charge in [-0.15, -0.1) is 0 Å². The molecule has 0 N–H and O–H groups in total. The van der Waals surface area contributed by atoms with Crippen molar-refractivity contribution in [3.05, 3.63) is 29.3 Å². The van der Waals surface area contributed by atoms with Gasteiger partial charge < -0.3 is 9.80 Å². The lowest BCUT2D eigenvalue weighted by Gasteiger charge is -2.23. The number of anilines is 1. The number of likely N-dealkylation sites (N-methyl/N-ethyl adjacent to an activating group) is 1. The number of carbonyl (C=O) groups excluding carboxylic acids is 1. The Morgan fingerprint density at radius 2 is 2.06 bits per heavy atom. The predicted octanol–water partition coefficient (Wildman–Crippen LogP) is 2.19. The molecule has 2 atom stereocenters. The Morgan fingerprint density at radius 1 is 1.33 bits per heavy atom. The van der Waals surface area contributed by atoms with E-state index in [9.17, 15) is 4.79 Å². The first-order valence-corrected chi connectivity index (χ1v) is 6.50. The Morgan fingerprint density at radius 3 is 2.56 bits per heavy atom. The Labute approximate surface area is 109 Å². The van der Waals surface area contributed by atoms with Crippen molar-refractivity contribution in [1.82, 2.24) is 4.90 Å². The lowest BCUT2D eigenvalue weighted by Crippen LogP contribution is -2.34. The summed E-state index contributed by atoms with van der Waals surface area (Å²) in [6.07, 6.45) is 0.925. The minimum atomic E-state index is 0.607. The highest BCUT2D eigenvalue weighted by Gasteiger charge is 2.31. The number of aldehydes is 1. The molecule has 0 spiro atoms. The number of benzene rings is 1. The maximum absolute atomic E-state index is 10.8. The van der Waals surface area contributed by atoms with Crippen molar-refractivity contribution >= 4 is 12.0 Å². The van der Waals surface area contributed by atoms with Crippen LogP contribution in [-0.4, -0.2) is 44.4 Å². The summed E-state index contributed by atoms with van der Waals surface area (Å²) in [7, 11) is 4.29. The van der Waals surface area contributed by atoms with E-state index in [4.69, 9.17) is 0 Å². The predicted molar refractivity (Wildman–Crippen MR) is 75.4 cm³/mol. The van der Waals surface area contributed by atoms with Crippen LogP contribution in [0.2, 0.25) is 0 Å².